The number of nitrogens with one attached hydrogen (secondary N) is 4. The molecule has 0 saturated carbocycles. The molecule has 0 aliphatic carbocycles. The molecule has 56 heavy (non-hydrogen) atoms. The van der Waals surface area contributed by atoms with Gasteiger partial charge in [-0.3, -0.25) is 9.59 Å². The molecule has 18 nitrogen and oxygen atoms in total. The Labute approximate surface area is 320 Å². The maximum Gasteiger partial charge on any atom is 0.252 e. The molecule has 6 aromatic rings. The Kier molecular flexibility index (Phi) is 12.8. The lowest BCUT2D eigenvalue weighted by molar-refractivity contribution is 0.0992. The minimum absolute atomic E-state index is 0.0257. The summed E-state index contributed by atoms with van der Waals surface area (Å²) in [5.41, 5.74) is 24.9. The first-order valence-corrected chi connectivity index (χ1v) is 17.2. The number of nitrogens with zero attached hydrogens (tertiary/aromatic N) is 8. The van der Waals surface area contributed by atoms with Gasteiger partial charge < -0.3 is 44.2 Å². The lowest BCUT2D eigenvalue weighted by Gasteiger charge is -2.20. The Morgan fingerprint density at radius 2 is 0.946 bits per heavy atom. The van der Waals surface area contributed by atoms with Crippen molar-refractivity contribution in [2.45, 2.75) is 51.9 Å². The van der Waals surface area contributed by atoms with E-state index in [2.05, 4.69) is 51.6 Å². The minimum atomic E-state index is -0.800. The molecule has 20 heteroatoms. The first-order valence-electron chi connectivity index (χ1n) is 17.2. The zero-order valence-electron chi connectivity index (χ0n) is 30.9. The highest BCUT2D eigenvalue weighted by Crippen LogP contribution is 2.27. The monoisotopic (exact) mass is 768 g/mol. The Morgan fingerprint density at radius 3 is 1.27 bits per heavy atom. The van der Waals surface area contributed by atoms with Gasteiger partial charge in [-0.25, -0.2) is 18.7 Å². The van der Waals surface area contributed by atoms with E-state index in [1.54, 1.807) is 88.9 Å². The summed E-state index contributed by atoms with van der Waals surface area (Å²) in [6, 6.07) is 15.4. The summed E-state index contributed by atoms with van der Waals surface area (Å²) in [6.45, 7) is 7.20. The molecule has 0 aliphatic heterocycles. The van der Waals surface area contributed by atoms with Crippen molar-refractivity contribution in [2.24, 2.45) is 22.9 Å². The summed E-state index contributed by atoms with van der Waals surface area (Å²) < 4.78 is 28.8. The highest BCUT2D eigenvalue weighted by Gasteiger charge is 2.20. The Hall–Kier alpha value is -7.06. The van der Waals surface area contributed by atoms with Gasteiger partial charge in [0.2, 0.25) is 0 Å². The van der Waals surface area contributed by atoms with Gasteiger partial charge in [0.05, 0.1) is 47.3 Å². The zero-order valence-corrected chi connectivity index (χ0v) is 30.9. The number of hydrogen-bond donors (Lipinski definition) is 8. The second-order valence-corrected chi connectivity index (χ2v) is 12.7. The summed E-state index contributed by atoms with van der Waals surface area (Å²) in [6.07, 6.45) is 6.24. The molecule has 4 aromatic heterocycles. The third-order valence-corrected chi connectivity index (χ3v) is 8.31. The predicted molar refractivity (Wildman–Crippen MR) is 208 cm³/mol. The lowest BCUT2D eigenvalue weighted by atomic mass is 10.1. The zero-order chi connectivity index (χ0) is 40.5. The quantitative estimate of drug-likeness (QED) is 0.0787. The fraction of sp³-hybridized carbons (Fsp3) is 0.222. The van der Waals surface area contributed by atoms with E-state index in [0.717, 1.165) is 12.1 Å². The van der Waals surface area contributed by atoms with E-state index in [4.69, 9.17) is 22.9 Å². The average Bonchev–Trinajstić information content (AvgIpc) is 3.90. The van der Waals surface area contributed by atoms with Crippen molar-refractivity contribution in [3.63, 3.8) is 0 Å². The molecule has 4 atom stereocenters. The molecule has 2 aromatic carbocycles. The van der Waals surface area contributed by atoms with Gasteiger partial charge in [0.25, 0.3) is 11.8 Å². The van der Waals surface area contributed by atoms with Crippen LogP contribution in [0.3, 0.4) is 0 Å². The van der Waals surface area contributed by atoms with Gasteiger partial charge in [0.15, 0.2) is 23.3 Å². The number of pyridine rings is 2. The maximum atomic E-state index is 14.4. The highest BCUT2D eigenvalue weighted by atomic mass is 19.1. The van der Waals surface area contributed by atoms with Crippen LogP contribution < -0.4 is 44.2 Å². The molecule has 0 unspecified atom stereocenters. The van der Waals surface area contributed by atoms with E-state index in [0.29, 0.717) is 22.7 Å². The van der Waals surface area contributed by atoms with Crippen LogP contribution in [0.15, 0.2) is 85.5 Å². The standard InChI is InChI=1S/2C18H21FN8O/c2*1-10(20)11(2)24-18-15(19)9-14(16(21)28)17(26-18)25-12-4-3-5-13(8-12)27-22-6-7-23-27/h2*3-11H,20H2,1-2H3,(H2,21,28)(H2,24,25,26)/t2*10-,11+/m10/s1. The van der Waals surface area contributed by atoms with Crippen LogP contribution >= 0.6 is 0 Å². The van der Waals surface area contributed by atoms with Crippen molar-refractivity contribution in [1.82, 2.24) is 40.0 Å². The molecule has 0 aliphatic rings. The molecule has 0 radical (unpaired) electrons. The number of rotatable bonds is 14. The number of benzene rings is 2. The van der Waals surface area contributed by atoms with Crippen molar-refractivity contribution in [3.05, 3.63) is 108 Å². The summed E-state index contributed by atoms with van der Waals surface area (Å²) >= 11 is 0. The third-order valence-electron chi connectivity index (χ3n) is 8.31. The van der Waals surface area contributed by atoms with Crippen LogP contribution in [0, 0.1) is 11.6 Å². The van der Waals surface area contributed by atoms with Crippen LogP contribution in [0.5, 0.6) is 0 Å². The number of aromatic nitrogens is 8. The second-order valence-electron chi connectivity index (χ2n) is 12.7. The van der Waals surface area contributed by atoms with Gasteiger partial charge in [-0.2, -0.15) is 30.0 Å². The number of amides is 2. The van der Waals surface area contributed by atoms with Gasteiger partial charge >= 0.3 is 0 Å². The smallest absolute Gasteiger partial charge is 0.252 e. The molecule has 0 spiro atoms. The molecule has 0 fully saturated rings. The number of anilines is 6. The Morgan fingerprint density at radius 1 is 0.589 bits per heavy atom. The number of hydrogen-bond acceptors (Lipinski definition) is 14. The van der Waals surface area contributed by atoms with E-state index >= 15 is 0 Å². The van der Waals surface area contributed by atoms with Gasteiger partial charge in [0.1, 0.15) is 11.6 Å². The van der Waals surface area contributed by atoms with Crippen LogP contribution in [0.1, 0.15) is 48.4 Å². The fourth-order valence-electron chi connectivity index (χ4n) is 4.83. The van der Waals surface area contributed by atoms with E-state index in [9.17, 15) is 18.4 Å². The molecular weight excluding hydrogens is 727 g/mol. The van der Waals surface area contributed by atoms with Crippen LogP contribution in [0.4, 0.5) is 43.4 Å². The second kappa shape index (κ2) is 17.8. The number of primary amides is 2. The van der Waals surface area contributed by atoms with Gasteiger partial charge in [0, 0.05) is 35.5 Å². The maximum absolute atomic E-state index is 14.4. The molecule has 6 rings (SSSR count). The number of nitrogens with two attached hydrogens (primary N) is 4. The van der Waals surface area contributed by atoms with Crippen molar-refractivity contribution in [2.75, 3.05) is 21.3 Å². The molecule has 2 amide bonds. The average molecular weight is 769 g/mol. The molecule has 0 bridgehead atoms. The predicted octanol–water partition coefficient (Wildman–Crippen LogP) is 3.58. The van der Waals surface area contributed by atoms with E-state index in [1.807, 2.05) is 12.1 Å². The van der Waals surface area contributed by atoms with E-state index in [-0.39, 0.29) is 58.6 Å². The summed E-state index contributed by atoms with van der Waals surface area (Å²) in [4.78, 5) is 34.8. The topological polar surface area (TPSA) is 274 Å². The molecule has 12 N–H and O–H groups in total. The van der Waals surface area contributed by atoms with Crippen molar-refractivity contribution in [3.8, 4) is 11.4 Å². The van der Waals surface area contributed by atoms with Crippen LogP contribution in [-0.4, -0.2) is 75.9 Å². The Balaban J connectivity index is 0.000000214. The van der Waals surface area contributed by atoms with E-state index in [1.165, 1.54) is 9.59 Å². The highest BCUT2D eigenvalue weighted by molar-refractivity contribution is 5.99. The SMILES string of the molecule is C[C@H](N)[C@@H](C)Nc1nc(Nc2cccc(-n3nccn3)c2)c(C(N)=O)cc1F.C[C@H](Nc1nc(Nc2cccc(-n3nccn3)c2)c(C(N)=O)cc1F)[C@@H](C)N. The third kappa shape index (κ3) is 10.1. The first-order chi connectivity index (χ1) is 26.7. The molecule has 292 valence electrons. The van der Waals surface area contributed by atoms with Crippen molar-refractivity contribution < 1.29 is 18.4 Å². The van der Waals surface area contributed by atoms with Gasteiger partial charge in [-0.1, -0.05) is 12.1 Å². The van der Waals surface area contributed by atoms with Gasteiger partial charge in [-0.15, -0.1) is 0 Å². The van der Waals surface area contributed by atoms with Crippen LogP contribution in [0.25, 0.3) is 11.4 Å². The first kappa shape index (κ1) is 40.1. The van der Waals surface area contributed by atoms with Crippen LogP contribution in [-0.2, 0) is 0 Å². The summed E-state index contributed by atoms with van der Waals surface area (Å²) in [5.74, 6) is -2.79. The van der Waals surface area contributed by atoms with Crippen molar-refractivity contribution >= 4 is 46.5 Å². The molecule has 4 heterocycles. The number of carbonyl (C=O) groups excluding carboxylic acids is 2. The molecular formula is C36H42F2N16O2. The minimum Gasteiger partial charge on any atom is -0.365 e. The normalized spacial score (nSPS) is 13.0. The lowest BCUT2D eigenvalue weighted by Crippen LogP contribution is -2.35. The van der Waals surface area contributed by atoms with Crippen molar-refractivity contribution in [1.29, 1.82) is 0 Å². The molecule has 0 saturated heterocycles. The fourth-order valence-corrected chi connectivity index (χ4v) is 4.83. The number of halogens is 2. The number of carbonyl (C=O) groups is 2. The summed E-state index contributed by atoms with van der Waals surface area (Å²) in [7, 11) is 0. The van der Waals surface area contributed by atoms with Gasteiger partial charge in [-0.05, 0) is 76.2 Å². The van der Waals surface area contributed by atoms with Crippen LogP contribution in [0.2, 0.25) is 0 Å². The largest absolute Gasteiger partial charge is 0.365 e. The Bertz CT molecular complexity index is 2110. The van der Waals surface area contributed by atoms with E-state index < -0.39 is 23.4 Å². The summed E-state index contributed by atoms with van der Waals surface area (Å²) in [5, 5.41) is 28.1.